The predicted octanol–water partition coefficient (Wildman–Crippen LogP) is 2.59. The van der Waals surface area contributed by atoms with Crippen molar-refractivity contribution in [2.24, 2.45) is 11.7 Å². The molecule has 2 atom stereocenters. The van der Waals surface area contributed by atoms with Gasteiger partial charge >= 0.3 is 5.97 Å². The summed E-state index contributed by atoms with van der Waals surface area (Å²) < 4.78 is 0. The van der Waals surface area contributed by atoms with Gasteiger partial charge in [-0.15, -0.1) is 0 Å². The fourth-order valence-corrected chi connectivity index (χ4v) is 2.76. The molecule has 118 valence electrons. The van der Waals surface area contributed by atoms with Gasteiger partial charge < -0.3 is 16.2 Å². The van der Waals surface area contributed by atoms with Crippen molar-refractivity contribution in [1.29, 1.82) is 0 Å². The summed E-state index contributed by atoms with van der Waals surface area (Å²) in [5, 5.41) is 11.9. The molecule has 0 saturated heterocycles. The monoisotopic (exact) mass is 310 g/mol. The van der Waals surface area contributed by atoms with Gasteiger partial charge in [-0.1, -0.05) is 30.3 Å². The molecule has 5 heteroatoms. The summed E-state index contributed by atoms with van der Waals surface area (Å²) in [5.74, 6) is -1.20. The zero-order valence-electron chi connectivity index (χ0n) is 12.5. The van der Waals surface area contributed by atoms with Crippen LogP contribution in [0.5, 0.6) is 0 Å². The van der Waals surface area contributed by atoms with Crippen LogP contribution >= 0.6 is 0 Å². The summed E-state index contributed by atoms with van der Waals surface area (Å²) >= 11 is 0. The SMILES string of the molecule is NCc1cc([C@@H]2C[C@H]2C(=O)O)ccc1NC(=O)c1ccccc1. The third kappa shape index (κ3) is 3.24. The van der Waals surface area contributed by atoms with Gasteiger partial charge in [0.15, 0.2) is 0 Å². The maximum absolute atomic E-state index is 12.2. The summed E-state index contributed by atoms with van der Waals surface area (Å²) in [6.07, 6.45) is 0.662. The van der Waals surface area contributed by atoms with Crippen molar-refractivity contribution in [2.75, 3.05) is 5.32 Å². The lowest BCUT2D eigenvalue weighted by atomic mass is 10.0. The van der Waals surface area contributed by atoms with E-state index in [9.17, 15) is 9.59 Å². The molecule has 2 aromatic rings. The smallest absolute Gasteiger partial charge is 0.307 e. The van der Waals surface area contributed by atoms with Crippen molar-refractivity contribution in [3.05, 3.63) is 65.2 Å². The Kier molecular flexibility index (Phi) is 4.12. The van der Waals surface area contributed by atoms with Crippen molar-refractivity contribution >= 4 is 17.6 Å². The van der Waals surface area contributed by atoms with Crippen LogP contribution in [0.1, 0.15) is 33.8 Å². The van der Waals surface area contributed by atoms with Gasteiger partial charge in [0.1, 0.15) is 0 Å². The lowest BCUT2D eigenvalue weighted by molar-refractivity contribution is -0.138. The molecular formula is C18H18N2O3. The zero-order chi connectivity index (χ0) is 16.4. The van der Waals surface area contributed by atoms with Crippen LogP contribution in [0.3, 0.4) is 0 Å². The van der Waals surface area contributed by atoms with Crippen LogP contribution in [0.2, 0.25) is 0 Å². The maximum Gasteiger partial charge on any atom is 0.307 e. The highest BCUT2D eigenvalue weighted by atomic mass is 16.4. The number of rotatable bonds is 5. The third-order valence-electron chi connectivity index (χ3n) is 4.17. The van der Waals surface area contributed by atoms with Crippen LogP contribution < -0.4 is 11.1 Å². The lowest BCUT2D eigenvalue weighted by Crippen LogP contribution is -2.14. The first-order valence-electron chi connectivity index (χ1n) is 7.52. The van der Waals surface area contributed by atoms with Crippen LogP contribution in [0.15, 0.2) is 48.5 Å². The Bertz CT molecular complexity index is 743. The molecule has 1 saturated carbocycles. The molecule has 1 fully saturated rings. The van der Waals surface area contributed by atoms with Crippen molar-refractivity contribution < 1.29 is 14.7 Å². The predicted molar refractivity (Wildman–Crippen MR) is 87.2 cm³/mol. The normalized spacial score (nSPS) is 19.2. The van der Waals surface area contributed by atoms with Crippen molar-refractivity contribution in [2.45, 2.75) is 18.9 Å². The second-order valence-electron chi connectivity index (χ2n) is 5.73. The van der Waals surface area contributed by atoms with Gasteiger partial charge in [-0.05, 0) is 41.7 Å². The fourth-order valence-electron chi connectivity index (χ4n) is 2.76. The number of carboxylic acids is 1. The van der Waals surface area contributed by atoms with Crippen molar-refractivity contribution in [3.63, 3.8) is 0 Å². The standard InChI is InChI=1S/C18H18N2O3/c19-10-13-8-12(14-9-15(14)18(22)23)6-7-16(13)20-17(21)11-4-2-1-3-5-11/h1-8,14-15H,9-10,19H2,(H,20,21)(H,22,23)/t14-,15+/m0/s1. The number of nitrogens with one attached hydrogen (secondary N) is 1. The molecule has 1 aliphatic rings. The number of aliphatic carboxylic acids is 1. The molecule has 3 rings (SSSR count). The molecule has 0 heterocycles. The molecule has 0 bridgehead atoms. The highest BCUT2D eigenvalue weighted by molar-refractivity contribution is 6.04. The fraction of sp³-hybridized carbons (Fsp3) is 0.222. The molecule has 0 unspecified atom stereocenters. The van der Waals surface area contributed by atoms with Gasteiger partial charge in [0.2, 0.25) is 0 Å². The summed E-state index contributed by atoms with van der Waals surface area (Å²) in [7, 11) is 0. The van der Waals surface area contributed by atoms with E-state index in [2.05, 4.69) is 5.32 Å². The third-order valence-corrected chi connectivity index (χ3v) is 4.17. The summed E-state index contributed by atoms with van der Waals surface area (Å²) in [6, 6.07) is 14.5. The van der Waals surface area contributed by atoms with Crippen LogP contribution in [-0.4, -0.2) is 17.0 Å². The molecule has 23 heavy (non-hydrogen) atoms. The first-order chi connectivity index (χ1) is 11.1. The highest BCUT2D eigenvalue weighted by Crippen LogP contribution is 2.48. The summed E-state index contributed by atoms with van der Waals surface area (Å²) in [4.78, 5) is 23.2. The first-order valence-corrected chi connectivity index (χ1v) is 7.52. The van der Waals surface area contributed by atoms with Gasteiger partial charge in [0.25, 0.3) is 5.91 Å². The Hall–Kier alpha value is -2.66. The quantitative estimate of drug-likeness (QED) is 0.791. The van der Waals surface area contributed by atoms with E-state index >= 15 is 0 Å². The number of benzene rings is 2. The van der Waals surface area contributed by atoms with E-state index in [1.807, 2.05) is 18.2 Å². The molecule has 0 aromatic heterocycles. The van der Waals surface area contributed by atoms with Gasteiger partial charge in [0, 0.05) is 17.8 Å². The van der Waals surface area contributed by atoms with Crippen molar-refractivity contribution in [1.82, 2.24) is 0 Å². The molecule has 1 amide bonds. The topological polar surface area (TPSA) is 92.4 Å². The number of carbonyl (C=O) groups is 2. The van der Waals surface area contributed by atoms with Gasteiger partial charge in [0.05, 0.1) is 5.92 Å². The second kappa shape index (κ2) is 6.22. The van der Waals surface area contributed by atoms with E-state index in [1.165, 1.54) is 0 Å². The van der Waals surface area contributed by atoms with Crippen LogP contribution in [-0.2, 0) is 11.3 Å². The first kappa shape index (κ1) is 15.2. The molecule has 2 aromatic carbocycles. The molecule has 0 spiro atoms. The number of nitrogens with two attached hydrogens (primary N) is 1. The minimum absolute atomic E-state index is 0.0525. The largest absolute Gasteiger partial charge is 0.481 e. The highest BCUT2D eigenvalue weighted by Gasteiger charge is 2.44. The number of anilines is 1. The molecular weight excluding hydrogens is 292 g/mol. The maximum atomic E-state index is 12.2. The lowest BCUT2D eigenvalue weighted by Gasteiger charge is -2.12. The van der Waals surface area contributed by atoms with E-state index in [0.717, 1.165) is 11.1 Å². The second-order valence-corrected chi connectivity index (χ2v) is 5.73. The molecule has 5 nitrogen and oxygen atoms in total. The van der Waals surface area contributed by atoms with Crippen LogP contribution in [0.4, 0.5) is 5.69 Å². The van der Waals surface area contributed by atoms with E-state index < -0.39 is 5.97 Å². The Labute approximate surface area is 134 Å². The molecule has 0 radical (unpaired) electrons. The van der Waals surface area contributed by atoms with Crippen LogP contribution in [0, 0.1) is 5.92 Å². The Morgan fingerprint density at radius 2 is 1.91 bits per heavy atom. The number of hydrogen-bond donors (Lipinski definition) is 3. The summed E-state index contributed by atoms with van der Waals surface area (Å²) in [5.41, 5.74) is 8.80. The number of carboxylic acid groups (broad SMARTS) is 1. The number of amides is 1. The molecule has 1 aliphatic carbocycles. The van der Waals surface area contributed by atoms with E-state index in [-0.39, 0.29) is 24.3 Å². The average Bonchev–Trinajstić information content (AvgIpc) is 3.37. The Morgan fingerprint density at radius 3 is 2.52 bits per heavy atom. The molecule has 4 N–H and O–H groups in total. The summed E-state index contributed by atoms with van der Waals surface area (Å²) in [6.45, 7) is 0.280. The van der Waals surface area contributed by atoms with Crippen LogP contribution in [0.25, 0.3) is 0 Å². The van der Waals surface area contributed by atoms with E-state index in [4.69, 9.17) is 10.8 Å². The van der Waals surface area contributed by atoms with Gasteiger partial charge in [-0.25, -0.2) is 0 Å². The molecule has 0 aliphatic heterocycles. The number of carbonyl (C=O) groups excluding carboxylic acids is 1. The minimum atomic E-state index is -0.759. The Balaban J connectivity index is 1.78. The Morgan fingerprint density at radius 1 is 1.17 bits per heavy atom. The zero-order valence-corrected chi connectivity index (χ0v) is 12.5. The van der Waals surface area contributed by atoms with Gasteiger partial charge in [-0.2, -0.15) is 0 Å². The minimum Gasteiger partial charge on any atom is -0.481 e. The van der Waals surface area contributed by atoms with Crippen molar-refractivity contribution in [3.8, 4) is 0 Å². The van der Waals surface area contributed by atoms with E-state index in [0.29, 0.717) is 17.7 Å². The average molecular weight is 310 g/mol. The van der Waals surface area contributed by atoms with E-state index in [1.54, 1.807) is 30.3 Å². The number of hydrogen-bond acceptors (Lipinski definition) is 3. The van der Waals surface area contributed by atoms with Gasteiger partial charge in [-0.3, -0.25) is 9.59 Å².